The fraction of sp³-hybridized carbons (Fsp3) is 0.417. The third-order valence-corrected chi connectivity index (χ3v) is 7.69. The van der Waals surface area contributed by atoms with Crippen molar-refractivity contribution in [3.63, 3.8) is 0 Å². The van der Waals surface area contributed by atoms with Crippen LogP contribution in [-0.4, -0.2) is 69.4 Å². The molecule has 1 atom stereocenters. The number of aliphatic hydroxyl groups excluding tert-OH is 1. The van der Waals surface area contributed by atoms with Crippen LogP contribution in [0.3, 0.4) is 0 Å². The van der Waals surface area contributed by atoms with Gasteiger partial charge in [0.05, 0.1) is 40.1 Å². The molecule has 5 rings (SSSR count). The number of nitrogens with one attached hydrogen (secondary N) is 2. The fourth-order valence-electron chi connectivity index (χ4n) is 4.48. The topological polar surface area (TPSA) is 113 Å². The van der Waals surface area contributed by atoms with Crippen LogP contribution in [0.2, 0.25) is 5.02 Å². The molecule has 0 saturated carbocycles. The molecule has 0 aliphatic carbocycles. The molecule has 11 heteroatoms. The fourth-order valence-corrected chi connectivity index (χ4v) is 5.50. The average molecular weight is 515 g/mol. The number of aliphatic hydroxyl groups is 1. The number of rotatable bonds is 7. The van der Waals surface area contributed by atoms with Crippen LogP contribution in [0.25, 0.3) is 11.0 Å². The van der Waals surface area contributed by atoms with E-state index in [9.17, 15) is 9.90 Å². The van der Waals surface area contributed by atoms with Crippen molar-refractivity contribution >= 4 is 46.1 Å². The van der Waals surface area contributed by atoms with Crippen LogP contribution in [0.1, 0.15) is 30.2 Å². The van der Waals surface area contributed by atoms with Crippen LogP contribution in [0.5, 0.6) is 5.88 Å². The summed E-state index contributed by atoms with van der Waals surface area (Å²) in [6.45, 7) is 2.83. The molecule has 0 radical (unpaired) electrons. The lowest BCUT2D eigenvalue weighted by Gasteiger charge is -2.33. The van der Waals surface area contributed by atoms with Crippen LogP contribution < -0.4 is 15.4 Å². The number of halogens is 1. The molecule has 3 N–H and O–H groups in total. The Labute approximate surface area is 212 Å². The van der Waals surface area contributed by atoms with Crippen molar-refractivity contribution in [1.82, 2.24) is 25.2 Å². The number of amides is 1. The summed E-state index contributed by atoms with van der Waals surface area (Å²) in [6, 6.07) is 7.95. The molecule has 2 aliphatic rings. The maximum absolute atomic E-state index is 11.6. The summed E-state index contributed by atoms with van der Waals surface area (Å²) in [5.74, 6) is 1.54. The molecule has 2 aliphatic heterocycles. The van der Waals surface area contributed by atoms with Crippen molar-refractivity contribution in [2.24, 2.45) is 0 Å². The van der Waals surface area contributed by atoms with Crippen LogP contribution in [0, 0.1) is 0 Å². The van der Waals surface area contributed by atoms with Gasteiger partial charge in [-0.1, -0.05) is 11.6 Å². The quantitative estimate of drug-likeness (QED) is 0.438. The summed E-state index contributed by atoms with van der Waals surface area (Å²) in [5.41, 5.74) is 2.72. The zero-order valence-corrected chi connectivity index (χ0v) is 20.9. The minimum absolute atomic E-state index is 0.00867. The van der Waals surface area contributed by atoms with Gasteiger partial charge in [-0.15, -0.1) is 11.8 Å². The molecular weight excluding hydrogens is 488 g/mol. The van der Waals surface area contributed by atoms with Gasteiger partial charge in [0.1, 0.15) is 11.3 Å². The second kappa shape index (κ2) is 10.6. The molecule has 0 bridgehead atoms. The Kier molecular flexibility index (Phi) is 7.35. The number of fused-ring (bicyclic) bond motifs is 2. The number of carbonyl (C=O) groups excluding carboxylic acids is 1. The zero-order valence-electron chi connectivity index (χ0n) is 19.3. The first kappa shape index (κ1) is 24.2. The monoisotopic (exact) mass is 514 g/mol. The second-order valence-electron chi connectivity index (χ2n) is 8.70. The van der Waals surface area contributed by atoms with E-state index in [0.717, 1.165) is 36.5 Å². The van der Waals surface area contributed by atoms with Gasteiger partial charge >= 0.3 is 0 Å². The smallest absolute Gasteiger partial charge is 0.235 e. The van der Waals surface area contributed by atoms with Crippen LogP contribution in [-0.2, 0) is 11.3 Å². The molecule has 3 aromatic rings. The zero-order chi connectivity index (χ0) is 24.4. The predicted octanol–water partition coefficient (Wildman–Crippen LogP) is 3.02. The number of pyridine rings is 3. The summed E-state index contributed by atoms with van der Waals surface area (Å²) >= 11 is 7.94. The van der Waals surface area contributed by atoms with Crippen LogP contribution in [0.15, 0.2) is 35.4 Å². The van der Waals surface area contributed by atoms with Gasteiger partial charge in [-0.05, 0) is 44.1 Å². The number of likely N-dealkylation sites (tertiary alicyclic amines) is 1. The maximum atomic E-state index is 11.6. The van der Waals surface area contributed by atoms with Crippen molar-refractivity contribution in [3.8, 4) is 5.88 Å². The van der Waals surface area contributed by atoms with E-state index in [1.807, 2.05) is 18.2 Å². The number of β-amino-alcohol motifs (C(OH)–C–C–N with tert-alkyl or cyclic N) is 1. The number of anilines is 1. The average Bonchev–Trinajstić information content (AvgIpc) is 2.87. The molecule has 0 aromatic carbocycles. The number of carbonyl (C=O) groups is 1. The highest BCUT2D eigenvalue weighted by atomic mass is 35.5. The van der Waals surface area contributed by atoms with Gasteiger partial charge in [0.25, 0.3) is 0 Å². The molecule has 1 saturated heterocycles. The number of hydrogen-bond acceptors (Lipinski definition) is 9. The standard InChI is InChI=1S/C24H27ClN6O3S/c1-34-21-5-3-17-23(30-21)22(16(25)11-27-17)18(32)12-31-8-6-14(7-9-31)26-10-15-2-4-19-24(28-15)29-20(33)13-35-19/h2-5,11,14,18,26,32H,6-10,12-13H2,1H3,(H,28,29,33). The molecule has 1 fully saturated rings. The lowest BCUT2D eigenvalue weighted by Crippen LogP contribution is -2.43. The number of hydrogen-bond donors (Lipinski definition) is 3. The second-order valence-corrected chi connectivity index (χ2v) is 10.1. The predicted molar refractivity (Wildman–Crippen MR) is 136 cm³/mol. The first-order valence-corrected chi connectivity index (χ1v) is 12.9. The summed E-state index contributed by atoms with van der Waals surface area (Å²) in [6.07, 6.45) is 2.69. The van der Waals surface area contributed by atoms with E-state index in [4.69, 9.17) is 16.3 Å². The van der Waals surface area contributed by atoms with Crippen molar-refractivity contribution in [2.75, 3.05) is 37.8 Å². The summed E-state index contributed by atoms with van der Waals surface area (Å²) in [4.78, 5) is 28.3. The highest BCUT2D eigenvalue weighted by Crippen LogP contribution is 2.32. The van der Waals surface area contributed by atoms with Gasteiger partial charge in [0.2, 0.25) is 11.8 Å². The normalized spacial score (nSPS) is 17.7. The number of ether oxygens (including phenoxy) is 1. The Bertz CT molecular complexity index is 1240. The number of piperidine rings is 1. The molecule has 184 valence electrons. The molecule has 35 heavy (non-hydrogen) atoms. The lowest BCUT2D eigenvalue weighted by molar-refractivity contribution is -0.113. The molecule has 9 nitrogen and oxygen atoms in total. The van der Waals surface area contributed by atoms with Gasteiger partial charge in [-0.3, -0.25) is 9.78 Å². The summed E-state index contributed by atoms with van der Waals surface area (Å²) < 4.78 is 5.24. The Morgan fingerprint density at radius 3 is 2.91 bits per heavy atom. The largest absolute Gasteiger partial charge is 0.481 e. The maximum Gasteiger partial charge on any atom is 0.235 e. The number of aromatic nitrogens is 3. The minimum Gasteiger partial charge on any atom is -0.481 e. The molecular formula is C24H27ClN6O3S. The summed E-state index contributed by atoms with van der Waals surface area (Å²) in [7, 11) is 1.55. The van der Waals surface area contributed by atoms with Crippen LogP contribution in [0.4, 0.5) is 5.82 Å². The van der Waals surface area contributed by atoms with Gasteiger partial charge in [0, 0.05) is 37.0 Å². The van der Waals surface area contributed by atoms with Gasteiger partial charge < -0.3 is 25.4 Å². The minimum atomic E-state index is -0.787. The van der Waals surface area contributed by atoms with Crippen LogP contribution >= 0.6 is 23.4 Å². The van der Waals surface area contributed by atoms with E-state index < -0.39 is 6.10 Å². The first-order chi connectivity index (χ1) is 17.0. The molecule has 5 heterocycles. The van der Waals surface area contributed by atoms with E-state index in [2.05, 4.69) is 30.5 Å². The summed E-state index contributed by atoms with van der Waals surface area (Å²) in [5, 5.41) is 17.9. The van der Waals surface area contributed by atoms with Gasteiger partial charge in [-0.25, -0.2) is 9.97 Å². The van der Waals surface area contributed by atoms with E-state index in [-0.39, 0.29) is 5.91 Å². The SMILES string of the molecule is COc1ccc2ncc(Cl)c(C(O)CN3CCC(NCc4ccc5c(n4)NC(=O)CS5)CC3)c2n1. The van der Waals surface area contributed by atoms with Crippen molar-refractivity contribution in [3.05, 3.63) is 46.7 Å². The highest BCUT2D eigenvalue weighted by Gasteiger charge is 2.25. The molecule has 3 aromatic heterocycles. The highest BCUT2D eigenvalue weighted by molar-refractivity contribution is 8.00. The van der Waals surface area contributed by atoms with E-state index in [0.29, 0.717) is 58.2 Å². The molecule has 1 amide bonds. The number of methoxy groups -OCH3 is 1. The number of nitrogens with zero attached hydrogens (tertiary/aromatic N) is 4. The lowest BCUT2D eigenvalue weighted by atomic mass is 10.0. The van der Waals surface area contributed by atoms with E-state index >= 15 is 0 Å². The van der Waals surface area contributed by atoms with Gasteiger partial charge in [0.15, 0.2) is 0 Å². The Morgan fingerprint density at radius 1 is 1.29 bits per heavy atom. The Hall–Kier alpha value is -2.50. The van der Waals surface area contributed by atoms with E-state index in [1.165, 1.54) is 11.8 Å². The molecule has 0 spiro atoms. The van der Waals surface area contributed by atoms with Crippen molar-refractivity contribution in [1.29, 1.82) is 0 Å². The van der Waals surface area contributed by atoms with E-state index in [1.54, 1.807) is 19.4 Å². The van der Waals surface area contributed by atoms with Crippen molar-refractivity contribution in [2.45, 2.75) is 36.4 Å². The first-order valence-electron chi connectivity index (χ1n) is 11.6. The third kappa shape index (κ3) is 5.52. The van der Waals surface area contributed by atoms with Gasteiger partial charge in [-0.2, -0.15) is 0 Å². The Balaban J connectivity index is 1.16. The third-order valence-electron chi connectivity index (χ3n) is 6.34. The molecule has 1 unspecified atom stereocenters. The number of thioether (sulfide) groups is 1. The Morgan fingerprint density at radius 2 is 2.11 bits per heavy atom. The van der Waals surface area contributed by atoms with Crippen molar-refractivity contribution < 1.29 is 14.6 Å².